The van der Waals surface area contributed by atoms with Gasteiger partial charge in [0, 0.05) is 24.8 Å². The van der Waals surface area contributed by atoms with E-state index in [-0.39, 0.29) is 13.1 Å². The third-order valence-electron chi connectivity index (χ3n) is 3.48. The van der Waals surface area contributed by atoms with E-state index in [9.17, 15) is 20.0 Å². The summed E-state index contributed by atoms with van der Waals surface area (Å²) in [6, 6.07) is 0. The van der Waals surface area contributed by atoms with Crippen LogP contribution in [0, 0.1) is 9.81 Å². The van der Waals surface area contributed by atoms with Gasteiger partial charge in [-0.15, -0.1) is 9.81 Å². The summed E-state index contributed by atoms with van der Waals surface area (Å²) in [4.78, 5) is 23.7. The number of nitrogens with zero attached hydrogens (tertiary/aromatic N) is 4. The zero-order valence-electron chi connectivity index (χ0n) is 12.8. The summed E-state index contributed by atoms with van der Waals surface area (Å²) in [5.41, 5.74) is 1.32. The standard InChI is InChI=1S/C16H18N4O4/c21-15(11-19-5-1-13(2-6-19)9-17-23)16(22)12-20-7-3-14(4-8-20)10-18-24/h1-10,15-16,21-22H,11-12H2. The Morgan fingerprint density at radius 2 is 1.12 bits per heavy atom. The first kappa shape index (κ1) is 17.5. The molecule has 0 spiro atoms. The van der Waals surface area contributed by atoms with E-state index < -0.39 is 12.2 Å². The van der Waals surface area contributed by atoms with Crippen molar-refractivity contribution in [1.29, 1.82) is 0 Å². The molecule has 0 aliphatic carbocycles. The Bertz CT molecular complexity index is 560. The van der Waals surface area contributed by atoms with Gasteiger partial charge < -0.3 is 20.0 Å². The van der Waals surface area contributed by atoms with Crippen LogP contribution in [0.25, 0.3) is 0 Å². The van der Waals surface area contributed by atoms with Crippen molar-refractivity contribution in [2.24, 2.45) is 10.4 Å². The van der Waals surface area contributed by atoms with E-state index in [1.807, 2.05) is 0 Å². The number of rotatable bonds is 7. The first-order valence-corrected chi connectivity index (χ1v) is 7.28. The first-order chi connectivity index (χ1) is 11.6. The van der Waals surface area contributed by atoms with E-state index in [1.54, 1.807) is 58.9 Å². The fraction of sp³-hybridized carbons (Fsp3) is 0.250. The molecule has 2 aliphatic rings. The third kappa shape index (κ3) is 5.11. The molecule has 0 fully saturated rings. The number of nitroso groups, excluding NO2 is 2. The number of hydrogen-bond acceptors (Lipinski definition) is 8. The highest BCUT2D eigenvalue weighted by molar-refractivity contribution is 5.34. The predicted octanol–water partition coefficient (Wildman–Crippen LogP) is 1.69. The maximum Gasteiger partial charge on any atom is 0.0994 e. The van der Waals surface area contributed by atoms with Gasteiger partial charge in [-0.3, -0.25) is 0 Å². The van der Waals surface area contributed by atoms with Crippen molar-refractivity contribution in [3.05, 3.63) is 82.5 Å². The van der Waals surface area contributed by atoms with Crippen molar-refractivity contribution in [3.8, 4) is 0 Å². The fourth-order valence-electron chi connectivity index (χ4n) is 2.15. The van der Waals surface area contributed by atoms with Crippen molar-refractivity contribution >= 4 is 0 Å². The van der Waals surface area contributed by atoms with Gasteiger partial charge in [0.05, 0.1) is 37.7 Å². The SMILES string of the molecule is O=NC=C1C=CN(CC(O)C(O)CN2C=CC(=CN=O)C=C2)C=C1. The number of aliphatic hydroxyl groups excluding tert-OH is 2. The number of aliphatic hydroxyl groups is 2. The van der Waals surface area contributed by atoms with Crippen molar-refractivity contribution in [2.75, 3.05) is 13.1 Å². The van der Waals surface area contributed by atoms with Crippen LogP contribution in [0.2, 0.25) is 0 Å². The summed E-state index contributed by atoms with van der Waals surface area (Å²) in [6.07, 6.45) is 14.0. The minimum Gasteiger partial charge on any atom is -0.388 e. The molecule has 24 heavy (non-hydrogen) atoms. The van der Waals surface area contributed by atoms with Gasteiger partial charge in [0.15, 0.2) is 0 Å². The summed E-state index contributed by atoms with van der Waals surface area (Å²) >= 11 is 0. The molecule has 8 heteroatoms. The maximum atomic E-state index is 10.1. The van der Waals surface area contributed by atoms with E-state index in [0.29, 0.717) is 11.1 Å². The van der Waals surface area contributed by atoms with Gasteiger partial charge in [-0.05, 0) is 45.8 Å². The predicted molar refractivity (Wildman–Crippen MR) is 89.7 cm³/mol. The second kappa shape index (κ2) is 8.70. The lowest BCUT2D eigenvalue weighted by atomic mass is 10.1. The average molecular weight is 330 g/mol. The Balaban J connectivity index is 1.82. The summed E-state index contributed by atoms with van der Waals surface area (Å²) in [7, 11) is 0. The Kier molecular flexibility index (Phi) is 6.35. The van der Waals surface area contributed by atoms with Crippen LogP contribution in [0.15, 0.2) is 83.0 Å². The average Bonchev–Trinajstić information content (AvgIpc) is 2.59. The highest BCUT2D eigenvalue weighted by atomic mass is 16.3. The summed E-state index contributed by atoms with van der Waals surface area (Å²) in [5.74, 6) is 0. The van der Waals surface area contributed by atoms with Crippen molar-refractivity contribution in [3.63, 3.8) is 0 Å². The number of β-amino-alcohol motifs (C(OH)–C–C–N with tert-alkyl or cyclic N) is 2. The molecule has 0 aromatic heterocycles. The largest absolute Gasteiger partial charge is 0.388 e. The smallest absolute Gasteiger partial charge is 0.0994 e. The van der Waals surface area contributed by atoms with E-state index >= 15 is 0 Å². The highest BCUT2D eigenvalue weighted by Gasteiger charge is 2.20. The van der Waals surface area contributed by atoms with Crippen LogP contribution in [0.3, 0.4) is 0 Å². The fourth-order valence-corrected chi connectivity index (χ4v) is 2.15. The summed E-state index contributed by atoms with van der Waals surface area (Å²) < 4.78 is 0. The second-order valence-corrected chi connectivity index (χ2v) is 5.26. The molecule has 0 radical (unpaired) electrons. The molecule has 0 aromatic rings. The van der Waals surface area contributed by atoms with E-state index in [2.05, 4.69) is 10.4 Å². The van der Waals surface area contributed by atoms with Gasteiger partial charge in [0.25, 0.3) is 0 Å². The third-order valence-corrected chi connectivity index (χ3v) is 3.48. The van der Waals surface area contributed by atoms with Gasteiger partial charge in [-0.2, -0.15) is 0 Å². The van der Waals surface area contributed by atoms with Gasteiger partial charge in [-0.1, -0.05) is 0 Å². The van der Waals surface area contributed by atoms with Crippen molar-refractivity contribution in [1.82, 2.24) is 9.80 Å². The van der Waals surface area contributed by atoms with E-state index in [0.717, 1.165) is 0 Å². The first-order valence-electron chi connectivity index (χ1n) is 7.28. The second-order valence-electron chi connectivity index (χ2n) is 5.26. The Labute approximate surface area is 139 Å². The zero-order valence-corrected chi connectivity index (χ0v) is 12.8. The lowest BCUT2D eigenvalue weighted by Crippen LogP contribution is -2.40. The molecule has 0 amide bonds. The van der Waals surface area contributed by atoms with Crippen LogP contribution < -0.4 is 0 Å². The molecule has 2 unspecified atom stereocenters. The molecule has 2 heterocycles. The quantitative estimate of drug-likeness (QED) is 0.688. The molecule has 0 saturated carbocycles. The molecule has 0 saturated heterocycles. The topological polar surface area (TPSA) is 106 Å². The molecular weight excluding hydrogens is 312 g/mol. The Hall–Kier alpha value is -2.84. The zero-order chi connectivity index (χ0) is 17.4. The van der Waals surface area contributed by atoms with Crippen LogP contribution in [0.4, 0.5) is 0 Å². The van der Waals surface area contributed by atoms with Gasteiger partial charge in [0.2, 0.25) is 0 Å². The highest BCUT2D eigenvalue weighted by Crippen LogP contribution is 2.13. The lowest BCUT2D eigenvalue weighted by Gasteiger charge is -2.28. The number of allylic oxidation sites excluding steroid dienone is 6. The molecule has 0 aromatic carbocycles. The van der Waals surface area contributed by atoms with Crippen LogP contribution >= 0.6 is 0 Å². The molecular formula is C16H18N4O4. The monoisotopic (exact) mass is 330 g/mol. The lowest BCUT2D eigenvalue weighted by molar-refractivity contribution is 0.00191. The molecule has 8 nitrogen and oxygen atoms in total. The van der Waals surface area contributed by atoms with Crippen LogP contribution in [-0.2, 0) is 0 Å². The van der Waals surface area contributed by atoms with Gasteiger partial charge in [-0.25, -0.2) is 0 Å². The van der Waals surface area contributed by atoms with E-state index in [4.69, 9.17) is 0 Å². The Morgan fingerprint density at radius 1 is 0.792 bits per heavy atom. The Morgan fingerprint density at radius 3 is 1.42 bits per heavy atom. The molecule has 2 N–H and O–H groups in total. The van der Waals surface area contributed by atoms with Crippen molar-refractivity contribution < 1.29 is 10.2 Å². The number of hydrogen-bond donors (Lipinski definition) is 2. The summed E-state index contributed by atoms with van der Waals surface area (Å²) in [6.45, 7) is 0.412. The summed E-state index contributed by atoms with van der Waals surface area (Å²) in [5, 5.41) is 25.6. The molecule has 2 atom stereocenters. The van der Waals surface area contributed by atoms with E-state index in [1.165, 1.54) is 12.4 Å². The van der Waals surface area contributed by atoms with Gasteiger partial charge >= 0.3 is 0 Å². The minimum absolute atomic E-state index is 0.206. The van der Waals surface area contributed by atoms with Crippen LogP contribution in [-0.4, -0.2) is 45.3 Å². The molecule has 126 valence electrons. The minimum atomic E-state index is -0.968. The molecule has 2 aliphatic heterocycles. The molecule has 0 bridgehead atoms. The normalized spacial score (nSPS) is 18.6. The maximum absolute atomic E-state index is 10.1. The van der Waals surface area contributed by atoms with Crippen LogP contribution in [0.1, 0.15) is 0 Å². The van der Waals surface area contributed by atoms with Gasteiger partial charge in [0.1, 0.15) is 0 Å². The molecule has 2 rings (SSSR count). The van der Waals surface area contributed by atoms with Crippen molar-refractivity contribution in [2.45, 2.75) is 12.2 Å². The van der Waals surface area contributed by atoms with Crippen LogP contribution in [0.5, 0.6) is 0 Å².